The molecule has 0 aliphatic heterocycles. The van der Waals surface area contributed by atoms with Crippen LogP contribution in [0.3, 0.4) is 0 Å². The van der Waals surface area contributed by atoms with Gasteiger partial charge in [-0.25, -0.2) is 9.78 Å². The third-order valence-electron chi connectivity index (χ3n) is 2.70. The van der Waals surface area contributed by atoms with Gasteiger partial charge < -0.3 is 5.11 Å². The first-order chi connectivity index (χ1) is 7.66. The lowest BCUT2D eigenvalue weighted by Crippen LogP contribution is -2.12. The van der Waals surface area contributed by atoms with Gasteiger partial charge in [0.25, 0.3) is 0 Å². The van der Waals surface area contributed by atoms with Gasteiger partial charge >= 0.3 is 5.97 Å². The van der Waals surface area contributed by atoms with Crippen molar-refractivity contribution in [2.75, 3.05) is 0 Å². The summed E-state index contributed by atoms with van der Waals surface area (Å²) in [4.78, 5) is 14.6. The van der Waals surface area contributed by atoms with Crippen LogP contribution >= 0.6 is 11.3 Å². The van der Waals surface area contributed by atoms with Gasteiger partial charge in [-0.2, -0.15) is 0 Å². The molecule has 1 atom stereocenters. The summed E-state index contributed by atoms with van der Waals surface area (Å²) in [5.74, 6) is -0.614. The summed E-state index contributed by atoms with van der Waals surface area (Å²) >= 11 is 1.10. The summed E-state index contributed by atoms with van der Waals surface area (Å²) in [7, 11) is -0.895. The van der Waals surface area contributed by atoms with E-state index < -0.39 is 16.8 Å². The number of aromatic nitrogens is 1. The number of aromatic carboxylic acids is 1. The molecular weight excluding hydrogens is 246 g/mol. The monoisotopic (exact) mass is 259 g/mol. The Bertz CT molecular complexity index is 410. The van der Waals surface area contributed by atoms with E-state index >= 15 is 0 Å². The van der Waals surface area contributed by atoms with Gasteiger partial charge in [-0.1, -0.05) is 12.8 Å². The number of rotatable bonds is 4. The van der Waals surface area contributed by atoms with E-state index in [1.54, 1.807) is 5.38 Å². The highest BCUT2D eigenvalue weighted by molar-refractivity contribution is 7.84. The van der Waals surface area contributed by atoms with E-state index in [2.05, 4.69) is 4.98 Å². The van der Waals surface area contributed by atoms with Crippen LogP contribution in [0.2, 0.25) is 0 Å². The number of hydrogen-bond acceptors (Lipinski definition) is 4. The largest absolute Gasteiger partial charge is 0.476 e. The average molecular weight is 259 g/mol. The van der Waals surface area contributed by atoms with Crippen molar-refractivity contribution in [3.8, 4) is 0 Å². The van der Waals surface area contributed by atoms with Gasteiger partial charge in [0.15, 0.2) is 0 Å². The fourth-order valence-electron chi connectivity index (χ4n) is 1.89. The highest BCUT2D eigenvalue weighted by atomic mass is 32.2. The van der Waals surface area contributed by atoms with E-state index in [0.717, 1.165) is 37.0 Å². The Hall–Kier alpha value is -0.750. The van der Waals surface area contributed by atoms with Crippen LogP contribution < -0.4 is 0 Å². The maximum Gasteiger partial charge on any atom is 0.365 e. The molecule has 6 heteroatoms. The smallest absolute Gasteiger partial charge is 0.365 e. The zero-order chi connectivity index (χ0) is 11.5. The molecule has 0 aromatic carbocycles. The van der Waals surface area contributed by atoms with E-state index in [1.165, 1.54) is 0 Å². The Kier molecular flexibility index (Phi) is 3.70. The normalized spacial score (nSPS) is 18.8. The second-order valence-electron chi connectivity index (χ2n) is 3.88. The van der Waals surface area contributed by atoms with Crippen molar-refractivity contribution in [2.24, 2.45) is 0 Å². The molecular formula is C10H13NO3S2. The van der Waals surface area contributed by atoms with Gasteiger partial charge in [0.05, 0.1) is 11.4 Å². The van der Waals surface area contributed by atoms with Gasteiger partial charge in [-0.15, -0.1) is 11.3 Å². The van der Waals surface area contributed by atoms with Crippen molar-refractivity contribution in [3.05, 3.63) is 16.1 Å². The van der Waals surface area contributed by atoms with Crippen LogP contribution in [0.5, 0.6) is 0 Å². The van der Waals surface area contributed by atoms with Crippen LogP contribution in [0.1, 0.15) is 41.2 Å². The minimum atomic E-state index is -1.01. The van der Waals surface area contributed by atoms with E-state index in [4.69, 9.17) is 5.11 Å². The second kappa shape index (κ2) is 5.05. The van der Waals surface area contributed by atoms with Crippen LogP contribution in [0.25, 0.3) is 0 Å². The minimum absolute atomic E-state index is 0.0819. The van der Waals surface area contributed by atoms with Crippen molar-refractivity contribution < 1.29 is 14.1 Å². The Labute approximate surface area is 100 Å². The number of carboxylic acid groups (broad SMARTS) is 1. The molecule has 1 saturated carbocycles. The molecule has 1 aromatic heterocycles. The highest BCUT2D eigenvalue weighted by Crippen LogP contribution is 2.24. The zero-order valence-electron chi connectivity index (χ0n) is 8.72. The van der Waals surface area contributed by atoms with Gasteiger partial charge in [0.1, 0.15) is 0 Å². The molecule has 88 valence electrons. The fourth-order valence-corrected chi connectivity index (χ4v) is 4.18. The third kappa shape index (κ3) is 2.68. The van der Waals surface area contributed by atoms with Crippen LogP contribution in [-0.2, 0) is 16.6 Å². The molecule has 1 fully saturated rings. The molecule has 1 N–H and O–H groups in total. The third-order valence-corrected chi connectivity index (χ3v) is 5.37. The second-order valence-corrected chi connectivity index (χ2v) is 6.46. The number of thiazole rings is 1. The first kappa shape index (κ1) is 11.7. The van der Waals surface area contributed by atoms with Gasteiger partial charge in [-0.05, 0) is 12.8 Å². The molecule has 0 spiro atoms. The topological polar surface area (TPSA) is 67.3 Å². The number of carbonyl (C=O) groups is 1. The summed E-state index contributed by atoms with van der Waals surface area (Å²) in [6, 6.07) is 0. The highest BCUT2D eigenvalue weighted by Gasteiger charge is 2.22. The number of carboxylic acids is 1. The molecule has 0 radical (unpaired) electrons. The van der Waals surface area contributed by atoms with Crippen LogP contribution in [0.4, 0.5) is 0 Å². The predicted molar refractivity (Wildman–Crippen MR) is 63.2 cm³/mol. The molecule has 4 nitrogen and oxygen atoms in total. The Morgan fingerprint density at radius 2 is 2.25 bits per heavy atom. The molecule has 0 bridgehead atoms. The average Bonchev–Trinajstić information content (AvgIpc) is 2.87. The van der Waals surface area contributed by atoms with Gasteiger partial charge in [0, 0.05) is 21.4 Å². The van der Waals surface area contributed by atoms with E-state index in [0.29, 0.717) is 11.4 Å². The number of nitrogens with zero attached hydrogens (tertiary/aromatic N) is 1. The molecule has 1 aliphatic carbocycles. The van der Waals surface area contributed by atoms with Crippen LogP contribution in [0.15, 0.2) is 5.38 Å². The van der Waals surface area contributed by atoms with Crippen molar-refractivity contribution in [3.63, 3.8) is 0 Å². The molecule has 16 heavy (non-hydrogen) atoms. The van der Waals surface area contributed by atoms with E-state index in [9.17, 15) is 9.00 Å². The first-order valence-corrected chi connectivity index (χ1v) is 7.48. The van der Waals surface area contributed by atoms with Gasteiger partial charge in [-0.3, -0.25) is 4.21 Å². The maximum atomic E-state index is 11.9. The minimum Gasteiger partial charge on any atom is -0.476 e. The quantitative estimate of drug-likeness (QED) is 0.898. The summed E-state index contributed by atoms with van der Waals surface area (Å²) in [5, 5.41) is 10.8. The molecule has 0 saturated heterocycles. The van der Waals surface area contributed by atoms with Crippen LogP contribution in [0, 0.1) is 0 Å². The summed E-state index contributed by atoms with van der Waals surface area (Å²) in [5.41, 5.74) is 0.646. The standard InChI is InChI=1S/C10H13NO3S2/c12-10(13)9-11-7(5-15-9)6-16(14)8-3-1-2-4-8/h5,8H,1-4,6H2,(H,12,13). The lowest BCUT2D eigenvalue weighted by Gasteiger charge is -2.06. The lowest BCUT2D eigenvalue weighted by molar-refractivity contribution is 0.0696. The van der Waals surface area contributed by atoms with E-state index in [1.807, 2.05) is 0 Å². The SMILES string of the molecule is O=C(O)c1nc(CS(=O)C2CCCC2)cs1. The molecule has 0 amide bonds. The lowest BCUT2D eigenvalue weighted by atomic mass is 10.4. The Morgan fingerprint density at radius 3 is 2.81 bits per heavy atom. The molecule has 1 aromatic rings. The summed E-state index contributed by atoms with van der Waals surface area (Å²) in [6.45, 7) is 0. The van der Waals surface area contributed by atoms with Crippen LogP contribution in [-0.4, -0.2) is 25.5 Å². The van der Waals surface area contributed by atoms with Crippen molar-refractivity contribution in [2.45, 2.75) is 36.7 Å². The zero-order valence-corrected chi connectivity index (χ0v) is 10.4. The Balaban J connectivity index is 1.97. The predicted octanol–water partition coefficient (Wildman–Crippen LogP) is 2.03. The molecule has 2 rings (SSSR count). The fraction of sp³-hybridized carbons (Fsp3) is 0.600. The summed E-state index contributed by atoms with van der Waals surface area (Å²) in [6.07, 6.45) is 4.38. The Morgan fingerprint density at radius 1 is 1.56 bits per heavy atom. The summed E-state index contributed by atoms with van der Waals surface area (Å²) < 4.78 is 11.9. The first-order valence-electron chi connectivity index (χ1n) is 5.21. The number of hydrogen-bond donors (Lipinski definition) is 1. The molecule has 1 aliphatic rings. The van der Waals surface area contributed by atoms with Gasteiger partial charge in [0.2, 0.25) is 5.01 Å². The van der Waals surface area contributed by atoms with E-state index in [-0.39, 0.29) is 10.3 Å². The van der Waals surface area contributed by atoms with Crippen molar-refractivity contribution in [1.82, 2.24) is 4.98 Å². The maximum absolute atomic E-state index is 11.9. The molecule has 1 unspecified atom stereocenters. The van der Waals surface area contributed by atoms with Crippen molar-refractivity contribution in [1.29, 1.82) is 0 Å². The molecule has 1 heterocycles. The van der Waals surface area contributed by atoms with Crippen molar-refractivity contribution >= 4 is 28.1 Å².